The molecule has 4 rings (SSSR count). The standard InChI is InChI=1S/C17H18N2OS/c1-20-12-7-8-13-14(10-12)19-17(18-13)16-9-11-5-3-2-4-6-15(11)21-16/h7-10H,2-6H2,1H3,(H,18,19). The van der Waals surface area contributed by atoms with E-state index in [0.29, 0.717) is 0 Å². The number of aryl methyl sites for hydroxylation is 2. The number of rotatable bonds is 2. The molecule has 4 heteroatoms. The Morgan fingerprint density at radius 2 is 2.05 bits per heavy atom. The zero-order valence-electron chi connectivity index (χ0n) is 12.1. The second-order valence-electron chi connectivity index (χ2n) is 5.59. The van der Waals surface area contributed by atoms with E-state index in [0.717, 1.165) is 22.6 Å². The van der Waals surface area contributed by atoms with Gasteiger partial charge in [0.15, 0.2) is 0 Å². The molecule has 0 amide bonds. The number of aromatic nitrogens is 2. The molecule has 0 atom stereocenters. The molecule has 0 bridgehead atoms. The van der Waals surface area contributed by atoms with Gasteiger partial charge in [0.25, 0.3) is 0 Å². The lowest BCUT2D eigenvalue weighted by atomic mass is 10.1. The molecule has 0 aliphatic heterocycles. The Hall–Kier alpha value is -1.81. The molecule has 0 unspecified atom stereocenters. The van der Waals surface area contributed by atoms with Gasteiger partial charge >= 0.3 is 0 Å². The highest BCUT2D eigenvalue weighted by atomic mass is 32.1. The lowest BCUT2D eigenvalue weighted by Crippen LogP contribution is -1.81. The highest BCUT2D eigenvalue weighted by Crippen LogP contribution is 2.35. The van der Waals surface area contributed by atoms with Gasteiger partial charge in [0, 0.05) is 10.9 Å². The van der Waals surface area contributed by atoms with Crippen molar-refractivity contribution in [3.63, 3.8) is 0 Å². The maximum atomic E-state index is 5.27. The first kappa shape index (κ1) is 12.9. The minimum Gasteiger partial charge on any atom is -0.497 e. The van der Waals surface area contributed by atoms with E-state index in [1.165, 1.54) is 42.5 Å². The van der Waals surface area contributed by atoms with Crippen molar-refractivity contribution in [2.75, 3.05) is 7.11 Å². The fourth-order valence-electron chi connectivity index (χ4n) is 3.02. The Balaban J connectivity index is 1.76. The van der Waals surface area contributed by atoms with E-state index in [2.05, 4.69) is 11.1 Å². The number of nitrogens with zero attached hydrogens (tertiary/aromatic N) is 1. The summed E-state index contributed by atoms with van der Waals surface area (Å²) in [4.78, 5) is 11.0. The predicted molar refractivity (Wildman–Crippen MR) is 87.2 cm³/mol. The van der Waals surface area contributed by atoms with Gasteiger partial charge in [-0.15, -0.1) is 11.3 Å². The van der Waals surface area contributed by atoms with Crippen molar-refractivity contribution in [3.8, 4) is 16.5 Å². The van der Waals surface area contributed by atoms with E-state index in [9.17, 15) is 0 Å². The van der Waals surface area contributed by atoms with Crippen LogP contribution < -0.4 is 4.74 Å². The van der Waals surface area contributed by atoms with Crippen molar-refractivity contribution >= 4 is 22.4 Å². The number of hydrogen-bond acceptors (Lipinski definition) is 3. The van der Waals surface area contributed by atoms with Gasteiger partial charge in [-0.25, -0.2) is 4.98 Å². The average Bonchev–Trinajstić information content (AvgIpc) is 3.04. The zero-order valence-corrected chi connectivity index (χ0v) is 12.9. The molecule has 3 aromatic rings. The van der Waals surface area contributed by atoms with E-state index in [1.807, 2.05) is 29.5 Å². The summed E-state index contributed by atoms with van der Waals surface area (Å²) in [6.07, 6.45) is 6.46. The molecule has 1 aromatic carbocycles. The number of methoxy groups -OCH3 is 1. The van der Waals surface area contributed by atoms with Crippen molar-refractivity contribution < 1.29 is 4.74 Å². The number of nitrogens with one attached hydrogen (secondary N) is 1. The third kappa shape index (κ3) is 2.33. The van der Waals surface area contributed by atoms with Crippen LogP contribution in [0.3, 0.4) is 0 Å². The highest BCUT2D eigenvalue weighted by molar-refractivity contribution is 7.15. The van der Waals surface area contributed by atoms with Crippen LogP contribution in [-0.4, -0.2) is 17.1 Å². The summed E-state index contributed by atoms with van der Waals surface area (Å²) < 4.78 is 5.27. The Kier molecular flexibility index (Phi) is 3.19. The number of ether oxygens (including phenoxy) is 1. The molecule has 2 heterocycles. The molecule has 21 heavy (non-hydrogen) atoms. The van der Waals surface area contributed by atoms with Gasteiger partial charge in [-0.3, -0.25) is 0 Å². The van der Waals surface area contributed by atoms with Crippen LogP contribution in [0.2, 0.25) is 0 Å². The number of H-pyrrole nitrogens is 1. The summed E-state index contributed by atoms with van der Waals surface area (Å²) in [7, 11) is 1.69. The van der Waals surface area contributed by atoms with Crippen molar-refractivity contribution in [2.24, 2.45) is 0 Å². The van der Waals surface area contributed by atoms with Crippen molar-refractivity contribution in [2.45, 2.75) is 32.1 Å². The van der Waals surface area contributed by atoms with Crippen molar-refractivity contribution in [1.82, 2.24) is 9.97 Å². The quantitative estimate of drug-likeness (QED) is 0.704. The average molecular weight is 298 g/mol. The number of fused-ring (bicyclic) bond motifs is 2. The van der Waals surface area contributed by atoms with Gasteiger partial charge in [-0.05, 0) is 49.4 Å². The summed E-state index contributed by atoms with van der Waals surface area (Å²) in [5.74, 6) is 1.84. The molecule has 0 saturated heterocycles. The van der Waals surface area contributed by atoms with Crippen LogP contribution in [0.15, 0.2) is 24.3 Å². The van der Waals surface area contributed by atoms with Crippen LogP contribution in [0.1, 0.15) is 29.7 Å². The Labute approximate surface area is 128 Å². The lowest BCUT2D eigenvalue weighted by Gasteiger charge is -1.96. The van der Waals surface area contributed by atoms with Crippen LogP contribution in [0.4, 0.5) is 0 Å². The first-order valence-electron chi connectivity index (χ1n) is 7.49. The van der Waals surface area contributed by atoms with Gasteiger partial charge in [-0.1, -0.05) is 6.42 Å². The monoisotopic (exact) mass is 298 g/mol. The number of benzene rings is 1. The largest absolute Gasteiger partial charge is 0.497 e. The van der Waals surface area contributed by atoms with E-state index in [-0.39, 0.29) is 0 Å². The molecule has 0 spiro atoms. The second kappa shape index (κ2) is 5.19. The van der Waals surface area contributed by atoms with Crippen LogP contribution in [0.5, 0.6) is 5.75 Å². The molecule has 1 N–H and O–H groups in total. The molecule has 0 radical (unpaired) electrons. The minimum absolute atomic E-state index is 0.861. The number of aromatic amines is 1. The number of hydrogen-bond donors (Lipinski definition) is 1. The number of thiophene rings is 1. The smallest absolute Gasteiger partial charge is 0.148 e. The third-order valence-corrected chi connectivity index (χ3v) is 5.41. The lowest BCUT2D eigenvalue weighted by molar-refractivity contribution is 0.415. The van der Waals surface area contributed by atoms with Crippen LogP contribution in [0.25, 0.3) is 21.7 Å². The first-order chi connectivity index (χ1) is 10.3. The maximum absolute atomic E-state index is 5.27. The molecule has 2 aromatic heterocycles. The number of imidazole rings is 1. The van der Waals surface area contributed by atoms with E-state index < -0.39 is 0 Å². The molecule has 1 aliphatic carbocycles. The fourth-order valence-corrected chi connectivity index (χ4v) is 4.22. The van der Waals surface area contributed by atoms with Gasteiger partial charge in [0.2, 0.25) is 0 Å². The summed E-state index contributed by atoms with van der Waals surface area (Å²) in [5.41, 5.74) is 3.56. The molecule has 108 valence electrons. The SMILES string of the molecule is COc1ccc2nc(-c3cc4c(s3)CCCCC4)[nH]c2c1. The van der Waals surface area contributed by atoms with Crippen molar-refractivity contribution in [1.29, 1.82) is 0 Å². The van der Waals surface area contributed by atoms with E-state index >= 15 is 0 Å². The molecular formula is C17H18N2OS. The summed E-state index contributed by atoms with van der Waals surface area (Å²) in [6.45, 7) is 0. The second-order valence-corrected chi connectivity index (χ2v) is 6.72. The van der Waals surface area contributed by atoms with E-state index in [1.54, 1.807) is 12.0 Å². The molecule has 0 fully saturated rings. The highest BCUT2D eigenvalue weighted by Gasteiger charge is 2.15. The Morgan fingerprint density at radius 1 is 1.14 bits per heavy atom. The van der Waals surface area contributed by atoms with Gasteiger partial charge in [0.05, 0.1) is 23.0 Å². The third-order valence-electron chi connectivity index (χ3n) is 4.17. The predicted octanol–water partition coefficient (Wildman–Crippen LogP) is 4.57. The molecule has 1 aliphatic rings. The Morgan fingerprint density at radius 3 is 2.95 bits per heavy atom. The Bertz CT molecular complexity index is 764. The van der Waals surface area contributed by atoms with Crippen LogP contribution >= 0.6 is 11.3 Å². The van der Waals surface area contributed by atoms with E-state index in [4.69, 9.17) is 9.72 Å². The summed E-state index contributed by atoms with van der Waals surface area (Å²) in [5, 5.41) is 0. The van der Waals surface area contributed by atoms with Crippen molar-refractivity contribution in [3.05, 3.63) is 34.7 Å². The molecule has 0 saturated carbocycles. The summed E-state index contributed by atoms with van der Waals surface area (Å²) >= 11 is 1.90. The van der Waals surface area contributed by atoms with Crippen LogP contribution in [-0.2, 0) is 12.8 Å². The topological polar surface area (TPSA) is 37.9 Å². The molecular weight excluding hydrogens is 280 g/mol. The minimum atomic E-state index is 0.861. The normalized spacial score (nSPS) is 14.9. The fraction of sp³-hybridized carbons (Fsp3) is 0.353. The van der Waals surface area contributed by atoms with Gasteiger partial charge < -0.3 is 9.72 Å². The maximum Gasteiger partial charge on any atom is 0.148 e. The first-order valence-corrected chi connectivity index (χ1v) is 8.31. The van der Waals surface area contributed by atoms with Gasteiger partial charge in [0.1, 0.15) is 11.6 Å². The molecule has 3 nitrogen and oxygen atoms in total. The zero-order chi connectivity index (χ0) is 14.2. The van der Waals surface area contributed by atoms with Gasteiger partial charge in [-0.2, -0.15) is 0 Å². The van der Waals surface area contributed by atoms with Crippen LogP contribution in [0, 0.1) is 0 Å². The summed E-state index contributed by atoms with van der Waals surface area (Å²) in [6, 6.07) is 8.30.